The Morgan fingerprint density at radius 2 is 2.26 bits per heavy atom. The van der Waals surface area contributed by atoms with Gasteiger partial charge in [0.25, 0.3) is 0 Å². The van der Waals surface area contributed by atoms with E-state index in [4.69, 9.17) is 11.2 Å². The smallest absolute Gasteiger partial charge is 0.126 e. The molecule has 1 fully saturated rings. The van der Waals surface area contributed by atoms with Crippen LogP contribution in [0.15, 0.2) is 16.6 Å². The number of nitrogens with one attached hydrogen (secondary N) is 1. The predicted octanol–water partition coefficient (Wildman–Crippen LogP) is 3.80. The normalized spacial score (nSPS) is 14.2. The van der Waals surface area contributed by atoms with Crippen molar-refractivity contribution >= 4 is 15.9 Å². The highest BCUT2D eigenvalue weighted by molar-refractivity contribution is 9.10. The Morgan fingerprint density at radius 3 is 2.95 bits per heavy atom. The fourth-order valence-electron chi connectivity index (χ4n) is 2.03. The molecule has 0 bridgehead atoms. The Labute approximate surface area is 124 Å². The Hall–Kier alpha value is -0.980. The minimum atomic E-state index is 0.684. The van der Waals surface area contributed by atoms with Crippen molar-refractivity contribution in [3.63, 3.8) is 0 Å². The van der Waals surface area contributed by atoms with Crippen LogP contribution in [0.1, 0.15) is 36.8 Å². The number of halogens is 1. The largest absolute Gasteiger partial charge is 0.493 e. The minimum absolute atomic E-state index is 0.684. The van der Waals surface area contributed by atoms with Gasteiger partial charge in [0.05, 0.1) is 6.61 Å². The van der Waals surface area contributed by atoms with Crippen molar-refractivity contribution in [1.82, 2.24) is 5.32 Å². The third-order valence-electron chi connectivity index (χ3n) is 3.19. The molecule has 2 nitrogen and oxygen atoms in total. The van der Waals surface area contributed by atoms with Crippen molar-refractivity contribution < 1.29 is 4.74 Å². The lowest BCUT2D eigenvalue weighted by atomic mass is 10.1. The van der Waals surface area contributed by atoms with Gasteiger partial charge in [-0.1, -0.05) is 15.9 Å². The molecule has 2 rings (SSSR count). The van der Waals surface area contributed by atoms with Crippen LogP contribution in [0, 0.1) is 19.3 Å². The van der Waals surface area contributed by atoms with E-state index in [1.165, 1.54) is 24.0 Å². The van der Waals surface area contributed by atoms with E-state index in [9.17, 15) is 0 Å². The van der Waals surface area contributed by atoms with E-state index in [1.807, 2.05) is 0 Å². The van der Waals surface area contributed by atoms with Crippen LogP contribution in [-0.4, -0.2) is 12.6 Å². The first-order valence-corrected chi connectivity index (χ1v) is 7.58. The summed E-state index contributed by atoms with van der Waals surface area (Å²) in [6.07, 6.45) is 9.52. The summed E-state index contributed by atoms with van der Waals surface area (Å²) in [7, 11) is 0. The molecule has 0 radical (unpaired) electrons. The lowest BCUT2D eigenvalue weighted by Gasteiger charge is -2.15. The summed E-state index contributed by atoms with van der Waals surface area (Å²) >= 11 is 3.55. The van der Waals surface area contributed by atoms with E-state index in [2.05, 4.69) is 46.2 Å². The van der Waals surface area contributed by atoms with Gasteiger partial charge in [-0.2, -0.15) is 0 Å². The zero-order valence-electron chi connectivity index (χ0n) is 11.3. The van der Waals surface area contributed by atoms with Crippen LogP contribution in [0.25, 0.3) is 0 Å². The van der Waals surface area contributed by atoms with E-state index < -0.39 is 0 Å². The second kappa shape index (κ2) is 6.98. The van der Waals surface area contributed by atoms with Crippen molar-refractivity contribution in [2.45, 2.75) is 45.2 Å². The number of terminal acetylenes is 1. The molecule has 0 unspecified atom stereocenters. The molecule has 0 spiro atoms. The lowest BCUT2D eigenvalue weighted by molar-refractivity contribution is 0.307. The number of ether oxygens (including phenoxy) is 1. The number of hydrogen-bond donors (Lipinski definition) is 1. The molecule has 0 heterocycles. The molecule has 3 heteroatoms. The second-order valence-corrected chi connectivity index (χ2v) is 5.94. The maximum absolute atomic E-state index is 5.92. The van der Waals surface area contributed by atoms with Crippen LogP contribution < -0.4 is 10.1 Å². The highest BCUT2D eigenvalue weighted by atomic mass is 79.9. The molecule has 1 aliphatic rings. The molecular weight excluding hydrogens is 302 g/mol. The van der Waals surface area contributed by atoms with Crippen LogP contribution in [0.4, 0.5) is 0 Å². The summed E-state index contributed by atoms with van der Waals surface area (Å²) in [5.41, 5.74) is 2.39. The number of hydrogen-bond acceptors (Lipinski definition) is 2. The Kier molecular flexibility index (Phi) is 5.30. The molecule has 0 aliphatic heterocycles. The van der Waals surface area contributed by atoms with Crippen molar-refractivity contribution in [3.05, 3.63) is 27.7 Å². The summed E-state index contributed by atoms with van der Waals surface area (Å²) in [6.45, 7) is 3.64. The number of rotatable bonds is 7. The molecule has 0 atom stereocenters. The van der Waals surface area contributed by atoms with E-state index in [0.29, 0.717) is 12.6 Å². The summed E-state index contributed by atoms with van der Waals surface area (Å²) in [5.74, 6) is 3.65. The zero-order valence-corrected chi connectivity index (χ0v) is 12.9. The van der Waals surface area contributed by atoms with Gasteiger partial charge in [0, 0.05) is 29.0 Å². The minimum Gasteiger partial charge on any atom is -0.493 e. The van der Waals surface area contributed by atoms with E-state index in [1.54, 1.807) is 0 Å². The maximum Gasteiger partial charge on any atom is 0.126 e. The van der Waals surface area contributed by atoms with Crippen LogP contribution in [0.5, 0.6) is 5.75 Å². The highest BCUT2D eigenvalue weighted by Crippen LogP contribution is 2.29. The third-order valence-corrected chi connectivity index (χ3v) is 3.64. The molecule has 1 aliphatic carbocycles. The van der Waals surface area contributed by atoms with Gasteiger partial charge in [0.2, 0.25) is 0 Å². The average molecular weight is 322 g/mol. The Balaban J connectivity index is 2.02. The molecule has 0 aromatic heterocycles. The van der Waals surface area contributed by atoms with Gasteiger partial charge in [0.15, 0.2) is 0 Å². The van der Waals surface area contributed by atoms with Gasteiger partial charge < -0.3 is 10.1 Å². The third kappa shape index (κ3) is 4.56. The molecular formula is C16H20BrNO. The Morgan fingerprint density at radius 1 is 1.47 bits per heavy atom. The molecule has 1 aromatic rings. The SMILES string of the molecule is C#CCCCOc1c(C)cc(Br)cc1CNC1CC1. The lowest BCUT2D eigenvalue weighted by Crippen LogP contribution is -2.16. The first kappa shape index (κ1) is 14.4. The van der Waals surface area contributed by atoms with Gasteiger partial charge in [-0.05, 0) is 43.9 Å². The van der Waals surface area contributed by atoms with E-state index in [0.717, 1.165) is 29.6 Å². The van der Waals surface area contributed by atoms with Crippen LogP contribution in [-0.2, 0) is 6.54 Å². The van der Waals surface area contributed by atoms with Crippen molar-refractivity contribution in [1.29, 1.82) is 0 Å². The van der Waals surface area contributed by atoms with Crippen LogP contribution in [0.3, 0.4) is 0 Å². The maximum atomic E-state index is 5.92. The van der Waals surface area contributed by atoms with E-state index >= 15 is 0 Å². The van der Waals surface area contributed by atoms with Crippen molar-refractivity contribution in [2.75, 3.05) is 6.61 Å². The van der Waals surface area contributed by atoms with Gasteiger partial charge in [-0.25, -0.2) is 0 Å². The summed E-state index contributed by atoms with van der Waals surface area (Å²) in [6, 6.07) is 4.93. The molecule has 1 aromatic carbocycles. The van der Waals surface area contributed by atoms with Crippen molar-refractivity contribution in [2.24, 2.45) is 0 Å². The first-order chi connectivity index (χ1) is 9.20. The highest BCUT2D eigenvalue weighted by Gasteiger charge is 2.21. The average Bonchev–Trinajstić information content (AvgIpc) is 3.18. The molecule has 1 N–H and O–H groups in total. The summed E-state index contributed by atoms with van der Waals surface area (Å²) in [5, 5.41) is 3.54. The molecule has 0 amide bonds. The number of unbranched alkanes of at least 4 members (excludes halogenated alkanes) is 1. The number of benzene rings is 1. The fraction of sp³-hybridized carbons (Fsp3) is 0.500. The summed E-state index contributed by atoms with van der Waals surface area (Å²) < 4.78 is 7.03. The molecule has 19 heavy (non-hydrogen) atoms. The molecule has 1 saturated carbocycles. The van der Waals surface area contributed by atoms with Gasteiger partial charge in [-0.15, -0.1) is 12.3 Å². The van der Waals surface area contributed by atoms with Crippen LogP contribution in [0.2, 0.25) is 0 Å². The predicted molar refractivity (Wildman–Crippen MR) is 82.3 cm³/mol. The van der Waals surface area contributed by atoms with Crippen LogP contribution >= 0.6 is 15.9 Å². The van der Waals surface area contributed by atoms with Crippen molar-refractivity contribution in [3.8, 4) is 18.1 Å². The quantitative estimate of drug-likeness (QED) is 0.609. The topological polar surface area (TPSA) is 21.3 Å². The monoisotopic (exact) mass is 321 g/mol. The zero-order chi connectivity index (χ0) is 13.7. The Bertz CT molecular complexity index is 474. The standard InChI is InChI=1S/C16H20BrNO/c1-3-4-5-8-19-16-12(2)9-14(17)10-13(16)11-18-15-6-7-15/h1,9-10,15,18H,4-8,11H2,2H3. The molecule has 0 saturated heterocycles. The summed E-state index contributed by atoms with van der Waals surface area (Å²) in [4.78, 5) is 0. The first-order valence-electron chi connectivity index (χ1n) is 6.79. The number of aryl methyl sites for hydroxylation is 1. The van der Waals surface area contributed by atoms with Gasteiger partial charge in [-0.3, -0.25) is 0 Å². The van der Waals surface area contributed by atoms with Gasteiger partial charge in [0.1, 0.15) is 5.75 Å². The fourth-order valence-corrected chi connectivity index (χ4v) is 2.65. The van der Waals surface area contributed by atoms with E-state index in [-0.39, 0.29) is 0 Å². The molecule has 102 valence electrons. The van der Waals surface area contributed by atoms with Gasteiger partial charge >= 0.3 is 0 Å². The second-order valence-electron chi connectivity index (χ2n) is 5.02.